The highest BCUT2D eigenvalue weighted by Gasteiger charge is 2.14. The molecule has 0 spiro atoms. The summed E-state index contributed by atoms with van der Waals surface area (Å²) < 4.78 is 1.60. The first-order chi connectivity index (χ1) is 12.0. The Hall–Kier alpha value is -2.86. The number of rotatable bonds is 4. The molecule has 128 valence electrons. The lowest BCUT2D eigenvalue weighted by Crippen LogP contribution is -2.11. The number of amides is 1. The molecule has 0 atom stereocenters. The number of nitrogens with one attached hydrogen (secondary N) is 1. The van der Waals surface area contributed by atoms with Crippen LogP contribution in [0.15, 0.2) is 52.7 Å². The largest absolute Gasteiger partial charge is 0.493 e. The summed E-state index contributed by atoms with van der Waals surface area (Å²) in [6.45, 7) is 1.85. The lowest BCUT2D eigenvalue weighted by Gasteiger charge is -2.08. The molecule has 1 aromatic heterocycles. The monoisotopic (exact) mass is 356 g/mol. The summed E-state index contributed by atoms with van der Waals surface area (Å²) in [5, 5.41) is 22.2. The van der Waals surface area contributed by atoms with Crippen LogP contribution in [0.5, 0.6) is 5.88 Å². The Balaban J connectivity index is 1.75. The van der Waals surface area contributed by atoms with E-state index in [0.29, 0.717) is 5.02 Å². The number of benzene rings is 2. The van der Waals surface area contributed by atoms with E-state index < -0.39 is 5.91 Å². The first-order valence-corrected chi connectivity index (χ1v) is 8.06. The molecule has 0 radical (unpaired) electrons. The number of aromatic hydroxyl groups is 1. The molecule has 25 heavy (non-hydrogen) atoms. The van der Waals surface area contributed by atoms with Gasteiger partial charge in [-0.15, -0.1) is 10.2 Å². The van der Waals surface area contributed by atoms with Crippen molar-refractivity contribution >= 4 is 39.8 Å². The van der Waals surface area contributed by atoms with Crippen molar-refractivity contribution in [3.8, 4) is 5.88 Å². The van der Waals surface area contributed by atoms with E-state index in [9.17, 15) is 9.90 Å². The van der Waals surface area contributed by atoms with Crippen molar-refractivity contribution in [3.63, 3.8) is 0 Å². The molecule has 2 aromatic carbocycles. The summed E-state index contributed by atoms with van der Waals surface area (Å²) >= 11 is 6.05. The molecule has 0 saturated carbocycles. The Morgan fingerprint density at radius 2 is 2.00 bits per heavy atom. The number of hydrogen-bond donors (Lipinski definition) is 2. The smallest absolute Gasteiger partial charge is 0.283 e. The number of anilines is 1. The van der Waals surface area contributed by atoms with Gasteiger partial charge in [-0.25, -0.2) is 0 Å². The number of fused-ring (bicyclic) bond motifs is 1. The SMILES string of the molecule is Cc1c(Cl)cccc1NCC(=O)N=Nc1c(O)n(C)c2ccccc12. The molecule has 0 aliphatic heterocycles. The zero-order chi connectivity index (χ0) is 18.0. The zero-order valence-electron chi connectivity index (χ0n) is 13.8. The zero-order valence-corrected chi connectivity index (χ0v) is 14.6. The van der Waals surface area contributed by atoms with Gasteiger partial charge in [-0.1, -0.05) is 35.9 Å². The van der Waals surface area contributed by atoms with Gasteiger partial charge in [0, 0.05) is 23.1 Å². The molecule has 7 heteroatoms. The number of para-hydroxylation sites is 1. The van der Waals surface area contributed by atoms with Crippen molar-refractivity contribution in [1.82, 2.24) is 4.57 Å². The van der Waals surface area contributed by atoms with Gasteiger partial charge in [0.1, 0.15) is 0 Å². The third-order valence-corrected chi connectivity index (χ3v) is 4.42. The van der Waals surface area contributed by atoms with Gasteiger partial charge in [-0.3, -0.25) is 4.79 Å². The Morgan fingerprint density at radius 3 is 2.80 bits per heavy atom. The van der Waals surface area contributed by atoms with Crippen LogP contribution in [0.3, 0.4) is 0 Å². The summed E-state index contributed by atoms with van der Waals surface area (Å²) in [4.78, 5) is 12.0. The molecule has 6 nitrogen and oxygen atoms in total. The topological polar surface area (TPSA) is 79.0 Å². The molecule has 0 fully saturated rings. The van der Waals surface area contributed by atoms with Crippen LogP contribution >= 0.6 is 11.6 Å². The Labute approximate surface area is 149 Å². The quantitative estimate of drug-likeness (QED) is 0.672. The molecule has 0 saturated heterocycles. The molecule has 2 N–H and O–H groups in total. The summed E-state index contributed by atoms with van der Waals surface area (Å²) in [7, 11) is 1.72. The van der Waals surface area contributed by atoms with Crippen molar-refractivity contribution in [1.29, 1.82) is 0 Å². The van der Waals surface area contributed by atoms with E-state index in [2.05, 4.69) is 15.5 Å². The van der Waals surface area contributed by atoms with Gasteiger partial charge in [0.25, 0.3) is 5.91 Å². The first-order valence-electron chi connectivity index (χ1n) is 7.69. The van der Waals surface area contributed by atoms with Gasteiger partial charge >= 0.3 is 0 Å². The Kier molecular flexibility index (Phi) is 4.72. The molecular weight excluding hydrogens is 340 g/mol. The molecular formula is C18H17ClN4O2. The lowest BCUT2D eigenvalue weighted by molar-refractivity contribution is -0.116. The average molecular weight is 357 g/mol. The first kappa shape index (κ1) is 17.0. The third kappa shape index (κ3) is 3.34. The molecule has 0 aliphatic carbocycles. The van der Waals surface area contributed by atoms with Crippen molar-refractivity contribution < 1.29 is 9.90 Å². The molecule has 0 unspecified atom stereocenters. The molecule has 3 aromatic rings. The van der Waals surface area contributed by atoms with Crippen LogP contribution in [0.2, 0.25) is 5.02 Å². The Bertz CT molecular complexity index is 979. The fraction of sp³-hybridized carbons (Fsp3) is 0.167. The van der Waals surface area contributed by atoms with Gasteiger partial charge in [-0.05, 0) is 30.7 Å². The molecule has 0 aliphatic rings. The van der Waals surface area contributed by atoms with Gasteiger partial charge in [0.05, 0.1) is 12.1 Å². The predicted molar refractivity (Wildman–Crippen MR) is 98.8 cm³/mol. The third-order valence-electron chi connectivity index (χ3n) is 4.01. The van der Waals surface area contributed by atoms with E-state index in [4.69, 9.17) is 11.6 Å². The average Bonchev–Trinajstić information content (AvgIpc) is 2.86. The van der Waals surface area contributed by atoms with Crippen LogP contribution in [0.1, 0.15) is 5.56 Å². The second-order valence-corrected chi connectivity index (χ2v) is 6.02. The second-order valence-electron chi connectivity index (χ2n) is 5.61. The van der Waals surface area contributed by atoms with Crippen LogP contribution in [0.4, 0.5) is 11.4 Å². The Morgan fingerprint density at radius 1 is 1.24 bits per heavy atom. The van der Waals surface area contributed by atoms with Gasteiger partial charge in [0.2, 0.25) is 5.88 Å². The minimum Gasteiger partial charge on any atom is -0.493 e. The van der Waals surface area contributed by atoms with E-state index in [1.165, 1.54) is 0 Å². The second kappa shape index (κ2) is 6.94. The predicted octanol–water partition coefficient (Wildman–Crippen LogP) is 4.57. The van der Waals surface area contributed by atoms with Crippen molar-refractivity contribution in [2.45, 2.75) is 6.92 Å². The van der Waals surface area contributed by atoms with Crippen LogP contribution < -0.4 is 5.32 Å². The van der Waals surface area contributed by atoms with Crippen LogP contribution in [0.25, 0.3) is 10.9 Å². The molecule has 3 rings (SSSR count). The number of hydrogen-bond acceptors (Lipinski definition) is 4. The van der Waals surface area contributed by atoms with E-state index in [1.807, 2.05) is 37.3 Å². The highest BCUT2D eigenvalue weighted by Crippen LogP contribution is 2.37. The summed E-state index contributed by atoms with van der Waals surface area (Å²) in [6, 6.07) is 12.8. The minimum atomic E-state index is -0.452. The fourth-order valence-electron chi connectivity index (χ4n) is 2.57. The van der Waals surface area contributed by atoms with Gasteiger partial charge in [0.15, 0.2) is 5.69 Å². The van der Waals surface area contributed by atoms with E-state index in [1.54, 1.807) is 23.7 Å². The highest BCUT2D eigenvalue weighted by atomic mass is 35.5. The fourth-order valence-corrected chi connectivity index (χ4v) is 2.74. The van der Waals surface area contributed by atoms with Crippen LogP contribution in [0, 0.1) is 6.92 Å². The number of nitrogens with zero attached hydrogens (tertiary/aromatic N) is 3. The molecule has 0 bridgehead atoms. The van der Waals surface area contributed by atoms with Gasteiger partial charge < -0.3 is 15.0 Å². The standard InChI is InChI=1S/C18H17ClN4O2/c1-11-13(19)7-5-8-14(11)20-10-16(24)21-22-17-12-6-3-4-9-15(12)23(2)18(17)25/h3-9,20,25H,10H2,1-2H3. The summed E-state index contributed by atoms with van der Waals surface area (Å²) in [5.41, 5.74) is 2.73. The molecule has 1 amide bonds. The highest BCUT2D eigenvalue weighted by molar-refractivity contribution is 6.31. The van der Waals surface area contributed by atoms with E-state index >= 15 is 0 Å². The number of azo groups is 1. The normalized spacial score (nSPS) is 11.3. The van der Waals surface area contributed by atoms with E-state index in [0.717, 1.165) is 22.2 Å². The minimum absolute atomic E-state index is 0.0176. The van der Waals surface area contributed by atoms with Crippen molar-refractivity contribution in [3.05, 3.63) is 53.1 Å². The number of carbonyl (C=O) groups is 1. The van der Waals surface area contributed by atoms with Crippen LogP contribution in [-0.2, 0) is 11.8 Å². The lowest BCUT2D eigenvalue weighted by atomic mass is 10.2. The summed E-state index contributed by atoms with van der Waals surface area (Å²) in [5.74, 6) is -0.483. The van der Waals surface area contributed by atoms with Crippen LogP contribution in [-0.4, -0.2) is 22.1 Å². The van der Waals surface area contributed by atoms with Crippen molar-refractivity contribution in [2.24, 2.45) is 17.3 Å². The number of carbonyl (C=O) groups excluding carboxylic acids is 1. The van der Waals surface area contributed by atoms with Crippen molar-refractivity contribution in [2.75, 3.05) is 11.9 Å². The maximum Gasteiger partial charge on any atom is 0.283 e. The summed E-state index contributed by atoms with van der Waals surface area (Å²) in [6.07, 6.45) is 0. The number of aryl methyl sites for hydroxylation is 1. The van der Waals surface area contributed by atoms with Gasteiger partial charge in [-0.2, -0.15) is 0 Å². The maximum atomic E-state index is 12.0. The maximum absolute atomic E-state index is 12.0. The van der Waals surface area contributed by atoms with E-state index in [-0.39, 0.29) is 18.1 Å². The number of aromatic nitrogens is 1. The number of halogens is 1. The molecule has 1 heterocycles.